The van der Waals surface area contributed by atoms with Crippen LogP contribution in [0.3, 0.4) is 0 Å². The highest BCUT2D eigenvalue weighted by molar-refractivity contribution is 5.90. The van der Waals surface area contributed by atoms with E-state index in [9.17, 15) is 14.0 Å². The monoisotopic (exact) mass is 281 g/mol. The number of aromatic carboxylic acids is 1. The van der Waals surface area contributed by atoms with Crippen molar-refractivity contribution in [3.05, 3.63) is 34.6 Å². The Hall–Kier alpha value is -1.95. The van der Waals surface area contributed by atoms with Crippen molar-refractivity contribution in [3.8, 4) is 0 Å². The highest BCUT2D eigenvalue weighted by Crippen LogP contribution is 2.26. The third kappa shape index (κ3) is 2.51. The number of carbonyl (C=O) groups excluding carboxylic acids is 1. The second-order valence-electron chi connectivity index (χ2n) is 4.74. The average Bonchev–Trinajstić information content (AvgIpc) is 2.45. The zero-order valence-electron chi connectivity index (χ0n) is 11.4. The molecule has 1 atom stereocenters. The van der Waals surface area contributed by atoms with Gasteiger partial charge in [-0.25, -0.2) is 9.18 Å². The summed E-state index contributed by atoms with van der Waals surface area (Å²) in [4.78, 5) is 24.8. The molecule has 0 aliphatic carbocycles. The first-order chi connectivity index (χ1) is 9.45. The van der Waals surface area contributed by atoms with Crippen molar-refractivity contribution in [1.29, 1.82) is 0 Å². The number of methoxy groups -OCH3 is 1. The molecule has 1 aliphatic heterocycles. The normalized spacial score (nSPS) is 15.7. The highest BCUT2D eigenvalue weighted by atomic mass is 19.1. The van der Waals surface area contributed by atoms with Crippen LogP contribution >= 0.6 is 0 Å². The molecule has 0 bridgehead atoms. The zero-order valence-corrected chi connectivity index (χ0v) is 11.4. The molecule has 2 rings (SSSR count). The number of hydrogen-bond donors (Lipinski definition) is 1. The lowest BCUT2D eigenvalue weighted by Crippen LogP contribution is -2.42. The molecule has 1 amide bonds. The summed E-state index contributed by atoms with van der Waals surface area (Å²) in [5.74, 6) is -1.76. The van der Waals surface area contributed by atoms with Gasteiger partial charge in [-0.3, -0.25) is 4.79 Å². The molecule has 0 radical (unpaired) electrons. The van der Waals surface area contributed by atoms with Gasteiger partial charge in [-0.1, -0.05) is 0 Å². The van der Waals surface area contributed by atoms with E-state index in [0.29, 0.717) is 24.1 Å². The van der Waals surface area contributed by atoms with Crippen molar-refractivity contribution < 1.29 is 23.8 Å². The Morgan fingerprint density at radius 2 is 2.10 bits per heavy atom. The number of ether oxygens (including phenoxy) is 1. The van der Waals surface area contributed by atoms with Crippen molar-refractivity contribution in [2.45, 2.75) is 26.0 Å². The topological polar surface area (TPSA) is 66.8 Å². The molecular formula is C14H16FNO4. The number of carbonyl (C=O) groups is 2. The van der Waals surface area contributed by atoms with Gasteiger partial charge in [0.2, 0.25) is 0 Å². The fraction of sp³-hybridized carbons (Fsp3) is 0.429. The van der Waals surface area contributed by atoms with Crippen LogP contribution in [-0.4, -0.2) is 41.6 Å². The quantitative estimate of drug-likeness (QED) is 0.910. The lowest BCUT2D eigenvalue weighted by atomic mass is 9.94. The minimum atomic E-state index is -1.12. The maximum absolute atomic E-state index is 13.7. The van der Waals surface area contributed by atoms with Crippen LogP contribution in [0.25, 0.3) is 0 Å². The van der Waals surface area contributed by atoms with Gasteiger partial charge in [0.05, 0.1) is 5.56 Å². The van der Waals surface area contributed by atoms with E-state index in [2.05, 4.69) is 0 Å². The molecule has 1 aromatic carbocycles. The first kappa shape index (κ1) is 14.5. The largest absolute Gasteiger partial charge is 0.478 e. The maximum atomic E-state index is 13.7. The lowest BCUT2D eigenvalue weighted by Gasteiger charge is -2.31. The van der Waals surface area contributed by atoms with Crippen LogP contribution in [-0.2, 0) is 22.5 Å². The summed E-state index contributed by atoms with van der Waals surface area (Å²) in [6.45, 7) is 2.09. The molecule has 0 saturated carbocycles. The number of amides is 1. The summed E-state index contributed by atoms with van der Waals surface area (Å²) in [5, 5.41) is 9.16. The molecule has 1 heterocycles. The Labute approximate surface area is 116 Å². The van der Waals surface area contributed by atoms with Gasteiger partial charge in [-0.05, 0) is 36.6 Å². The van der Waals surface area contributed by atoms with E-state index in [-0.39, 0.29) is 18.0 Å². The molecule has 6 heteroatoms. The van der Waals surface area contributed by atoms with Crippen LogP contribution in [0.1, 0.15) is 28.4 Å². The number of rotatable bonds is 3. The summed E-state index contributed by atoms with van der Waals surface area (Å²) in [6, 6.07) is 2.40. The van der Waals surface area contributed by atoms with E-state index in [1.165, 1.54) is 18.1 Å². The van der Waals surface area contributed by atoms with Gasteiger partial charge in [-0.2, -0.15) is 0 Å². The maximum Gasteiger partial charge on any atom is 0.336 e. The van der Waals surface area contributed by atoms with Crippen LogP contribution < -0.4 is 0 Å². The molecule has 20 heavy (non-hydrogen) atoms. The van der Waals surface area contributed by atoms with Gasteiger partial charge in [0, 0.05) is 20.2 Å². The van der Waals surface area contributed by atoms with Gasteiger partial charge in [0.15, 0.2) is 0 Å². The third-order valence-electron chi connectivity index (χ3n) is 3.60. The SMILES string of the molecule is COC(C)C(=O)N1CCc2c(F)ccc(C(=O)O)c2C1. The van der Waals surface area contributed by atoms with Crippen molar-refractivity contribution in [1.82, 2.24) is 4.90 Å². The van der Waals surface area contributed by atoms with Crippen molar-refractivity contribution in [2.24, 2.45) is 0 Å². The highest BCUT2D eigenvalue weighted by Gasteiger charge is 2.28. The second-order valence-corrected chi connectivity index (χ2v) is 4.74. The van der Waals surface area contributed by atoms with E-state index in [0.717, 1.165) is 6.07 Å². The number of nitrogens with zero attached hydrogens (tertiary/aromatic N) is 1. The number of fused-ring (bicyclic) bond motifs is 1. The number of carboxylic acid groups (broad SMARTS) is 1. The summed E-state index contributed by atoms with van der Waals surface area (Å²) >= 11 is 0. The van der Waals surface area contributed by atoms with Gasteiger partial charge in [0.1, 0.15) is 11.9 Å². The summed E-state index contributed by atoms with van der Waals surface area (Å²) < 4.78 is 18.7. The second kappa shape index (κ2) is 5.58. The number of hydrogen-bond acceptors (Lipinski definition) is 3. The van der Waals surface area contributed by atoms with E-state index >= 15 is 0 Å². The van der Waals surface area contributed by atoms with E-state index in [1.807, 2.05) is 0 Å². The molecule has 1 aromatic rings. The Balaban J connectivity index is 2.35. The van der Waals surface area contributed by atoms with Crippen LogP contribution in [0.5, 0.6) is 0 Å². The van der Waals surface area contributed by atoms with Gasteiger partial charge >= 0.3 is 5.97 Å². The number of benzene rings is 1. The van der Waals surface area contributed by atoms with Crippen LogP contribution in [0, 0.1) is 5.82 Å². The molecule has 108 valence electrons. The van der Waals surface area contributed by atoms with Crippen molar-refractivity contribution >= 4 is 11.9 Å². The molecule has 1 N–H and O–H groups in total. The molecule has 0 aromatic heterocycles. The summed E-state index contributed by atoms with van der Waals surface area (Å²) in [5.41, 5.74) is 0.809. The third-order valence-corrected chi connectivity index (χ3v) is 3.60. The molecule has 1 aliphatic rings. The summed E-state index contributed by atoms with van der Waals surface area (Å²) in [7, 11) is 1.43. The fourth-order valence-corrected chi connectivity index (χ4v) is 2.38. The number of halogens is 1. The predicted octanol–water partition coefficient (Wildman–Crippen LogP) is 1.44. The van der Waals surface area contributed by atoms with Crippen molar-refractivity contribution in [3.63, 3.8) is 0 Å². The Morgan fingerprint density at radius 1 is 1.40 bits per heavy atom. The standard InChI is InChI=1S/C14H16FNO4/c1-8(20-2)13(17)16-6-5-9-11(7-16)10(14(18)19)3-4-12(9)15/h3-4,8H,5-7H2,1-2H3,(H,18,19). The minimum absolute atomic E-state index is 0.0453. The van der Waals surface area contributed by atoms with E-state index in [1.54, 1.807) is 6.92 Å². The van der Waals surface area contributed by atoms with Gasteiger partial charge in [0.25, 0.3) is 5.91 Å². The average molecular weight is 281 g/mol. The molecule has 0 spiro atoms. The van der Waals surface area contributed by atoms with Crippen LogP contribution in [0.4, 0.5) is 4.39 Å². The Bertz CT molecular complexity index is 558. The molecule has 5 nitrogen and oxygen atoms in total. The van der Waals surface area contributed by atoms with E-state index in [4.69, 9.17) is 9.84 Å². The van der Waals surface area contributed by atoms with Gasteiger partial charge in [-0.15, -0.1) is 0 Å². The van der Waals surface area contributed by atoms with Crippen LogP contribution in [0.15, 0.2) is 12.1 Å². The van der Waals surface area contributed by atoms with Crippen molar-refractivity contribution in [2.75, 3.05) is 13.7 Å². The Morgan fingerprint density at radius 3 is 2.70 bits per heavy atom. The van der Waals surface area contributed by atoms with Gasteiger partial charge < -0.3 is 14.7 Å². The molecular weight excluding hydrogens is 265 g/mol. The number of carboxylic acids is 1. The van der Waals surface area contributed by atoms with E-state index < -0.39 is 17.9 Å². The molecule has 0 fully saturated rings. The molecule has 1 unspecified atom stereocenters. The first-order valence-electron chi connectivity index (χ1n) is 6.30. The van der Waals surface area contributed by atoms with Crippen LogP contribution in [0.2, 0.25) is 0 Å². The predicted molar refractivity (Wildman–Crippen MR) is 69.0 cm³/mol. The fourth-order valence-electron chi connectivity index (χ4n) is 2.38. The zero-order chi connectivity index (χ0) is 14.9. The smallest absolute Gasteiger partial charge is 0.336 e. The first-order valence-corrected chi connectivity index (χ1v) is 6.30. The Kier molecular flexibility index (Phi) is 4.04. The molecule has 0 saturated heterocycles. The minimum Gasteiger partial charge on any atom is -0.478 e. The summed E-state index contributed by atoms with van der Waals surface area (Å²) in [6.07, 6.45) is -0.289. The lowest BCUT2D eigenvalue weighted by molar-refractivity contribution is -0.141.